The van der Waals surface area contributed by atoms with Gasteiger partial charge in [0.15, 0.2) is 5.11 Å². The van der Waals surface area contributed by atoms with Crippen LogP contribution in [0, 0.1) is 17.0 Å². The molecule has 0 atom stereocenters. The highest BCUT2D eigenvalue weighted by Gasteiger charge is 2.13. The van der Waals surface area contributed by atoms with Gasteiger partial charge in [-0.05, 0) is 32.1 Å². The number of rotatable bonds is 4. The van der Waals surface area contributed by atoms with Gasteiger partial charge in [-0.2, -0.15) is 0 Å². The van der Waals surface area contributed by atoms with Crippen molar-refractivity contribution in [2.24, 2.45) is 0 Å². The van der Waals surface area contributed by atoms with Crippen LogP contribution in [0.5, 0.6) is 0 Å². The number of benzene rings is 1. The van der Waals surface area contributed by atoms with Crippen LogP contribution in [-0.2, 0) is 0 Å². The number of nitrogens with one attached hydrogen (secondary N) is 2. The summed E-state index contributed by atoms with van der Waals surface area (Å²) < 4.78 is 0. The van der Waals surface area contributed by atoms with E-state index in [1.165, 1.54) is 6.07 Å². The van der Waals surface area contributed by atoms with E-state index < -0.39 is 4.92 Å². The molecule has 1 aromatic rings. The molecule has 2 N–H and O–H groups in total. The first-order chi connectivity index (χ1) is 8.41. The van der Waals surface area contributed by atoms with E-state index in [0.29, 0.717) is 22.9 Å². The highest BCUT2D eigenvalue weighted by Crippen LogP contribution is 2.24. The number of thiocarbonyl (C=S) groups is 1. The zero-order valence-corrected chi connectivity index (χ0v) is 11.1. The van der Waals surface area contributed by atoms with Crippen LogP contribution >= 0.6 is 12.2 Å². The summed E-state index contributed by atoms with van der Waals surface area (Å²) in [6.45, 7) is 7.88. The summed E-state index contributed by atoms with van der Waals surface area (Å²) in [7, 11) is 0. The molecule has 18 heavy (non-hydrogen) atoms. The number of anilines is 1. The highest BCUT2D eigenvalue weighted by atomic mass is 32.1. The van der Waals surface area contributed by atoms with Crippen LogP contribution in [-0.4, -0.2) is 16.6 Å². The van der Waals surface area contributed by atoms with Gasteiger partial charge in [0.2, 0.25) is 0 Å². The van der Waals surface area contributed by atoms with E-state index in [1.54, 1.807) is 19.1 Å². The second-order valence-electron chi connectivity index (χ2n) is 3.97. The molecule has 1 rings (SSSR count). The van der Waals surface area contributed by atoms with Gasteiger partial charge in [-0.15, -0.1) is 0 Å². The molecular formula is C12H15N3O2S. The first-order valence-corrected chi connectivity index (χ1v) is 5.76. The van der Waals surface area contributed by atoms with Gasteiger partial charge < -0.3 is 10.6 Å². The maximum atomic E-state index is 10.8. The molecule has 0 heterocycles. The van der Waals surface area contributed by atoms with Crippen LogP contribution in [0.25, 0.3) is 0 Å². The van der Waals surface area contributed by atoms with Crippen LogP contribution in [0.1, 0.15) is 12.5 Å². The number of nitro benzene ring substituents is 1. The summed E-state index contributed by atoms with van der Waals surface area (Å²) in [6, 6.07) is 4.83. The Morgan fingerprint density at radius 3 is 2.78 bits per heavy atom. The van der Waals surface area contributed by atoms with E-state index >= 15 is 0 Å². The zero-order valence-electron chi connectivity index (χ0n) is 10.3. The molecule has 0 bridgehead atoms. The van der Waals surface area contributed by atoms with Crippen LogP contribution in [0.2, 0.25) is 0 Å². The number of nitrogens with zero attached hydrogens (tertiary/aromatic N) is 1. The smallest absolute Gasteiger partial charge is 0.274 e. The lowest BCUT2D eigenvalue weighted by Crippen LogP contribution is -2.29. The fourth-order valence-electron chi connectivity index (χ4n) is 1.35. The van der Waals surface area contributed by atoms with Crippen molar-refractivity contribution in [3.05, 3.63) is 46.0 Å². The average molecular weight is 265 g/mol. The van der Waals surface area contributed by atoms with Crippen molar-refractivity contribution in [1.82, 2.24) is 5.32 Å². The SMILES string of the molecule is C=C(C)CNC(=S)Nc1cccc([N+](=O)[O-])c1C. The van der Waals surface area contributed by atoms with E-state index in [4.69, 9.17) is 12.2 Å². The number of hydrogen-bond acceptors (Lipinski definition) is 3. The van der Waals surface area contributed by atoms with Crippen molar-refractivity contribution in [1.29, 1.82) is 0 Å². The Balaban J connectivity index is 2.79. The van der Waals surface area contributed by atoms with Gasteiger partial charge in [0.05, 0.1) is 10.5 Å². The molecule has 6 heteroatoms. The third-order valence-corrected chi connectivity index (χ3v) is 2.55. The standard InChI is InChI=1S/C12H15N3O2S/c1-8(2)7-13-12(18)14-10-5-4-6-11(9(10)3)15(16)17/h4-6H,1,7H2,2-3H3,(H2,13,14,18). The van der Waals surface area contributed by atoms with E-state index in [1.807, 2.05) is 6.92 Å². The lowest BCUT2D eigenvalue weighted by Gasteiger charge is -2.12. The zero-order chi connectivity index (χ0) is 13.7. The lowest BCUT2D eigenvalue weighted by atomic mass is 10.1. The molecule has 0 unspecified atom stereocenters. The Kier molecular flexibility index (Phi) is 4.79. The van der Waals surface area contributed by atoms with Crippen LogP contribution in [0.4, 0.5) is 11.4 Å². The molecule has 0 saturated heterocycles. The van der Waals surface area contributed by atoms with Crippen LogP contribution < -0.4 is 10.6 Å². The quantitative estimate of drug-likeness (QED) is 0.379. The van der Waals surface area contributed by atoms with Gasteiger partial charge in [-0.25, -0.2) is 0 Å². The summed E-state index contributed by atoms with van der Waals surface area (Å²) in [6.07, 6.45) is 0. The largest absolute Gasteiger partial charge is 0.359 e. The second-order valence-corrected chi connectivity index (χ2v) is 4.38. The predicted octanol–water partition coefficient (Wildman–Crippen LogP) is 2.77. The molecule has 0 aliphatic carbocycles. The minimum absolute atomic E-state index is 0.0719. The maximum Gasteiger partial charge on any atom is 0.274 e. The molecule has 0 amide bonds. The monoisotopic (exact) mass is 265 g/mol. The number of nitro groups is 1. The predicted molar refractivity (Wildman–Crippen MR) is 76.9 cm³/mol. The normalized spacial score (nSPS) is 9.67. The number of hydrogen-bond donors (Lipinski definition) is 2. The van der Waals surface area contributed by atoms with Gasteiger partial charge in [0, 0.05) is 18.3 Å². The molecule has 0 aromatic heterocycles. The highest BCUT2D eigenvalue weighted by molar-refractivity contribution is 7.80. The molecular weight excluding hydrogens is 250 g/mol. The second kappa shape index (κ2) is 6.11. The van der Waals surface area contributed by atoms with Gasteiger partial charge in [-0.1, -0.05) is 18.2 Å². The van der Waals surface area contributed by atoms with Crippen molar-refractivity contribution < 1.29 is 4.92 Å². The van der Waals surface area contributed by atoms with E-state index in [2.05, 4.69) is 17.2 Å². The van der Waals surface area contributed by atoms with Gasteiger partial charge in [0.25, 0.3) is 5.69 Å². The van der Waals surface area contributed by atoms with E-state index in [9.17, 15) is 10.1 Å². The average Bonchev–Trinajstić information content (AvgIpc) is 2.29. The molecule has 0 radical (unpaired) electrons. The van der Waals surface area contributed by atoms with Crippen molar-refractivity contribution in [3.63, 3.8) is 0 Å². The summed E-state index contributed by atoms with van der Waals surface area (Å²) in [5.74, 6) is 0. The summed E-state index contributed by atoms with van der Waals surface area (Å²) in [4.78, 5) is 10.4. The van der Waals surface area contributed by atoms with Crippen molar-refractivity contribution in [2.75, 3.05) is 11.9 Å². The van der Waals surface area contributed by atoms with Gasteiger partial charge >= 0.3 is 0 Å². The maximum absolute atomic E-state index is 10.8. The summed E-state index contributed by atoms with van der Waals surface area (Å²) in [5.41, 5.74) is 2.21. The minimum Gasteiger partial charge on any atom is -0.359 e. The van der Waals surface area contributed by atoms with E-state index in [0.717, 1.165) is 5.57 Å². The fourth-order valence-corrected chi connectivity index (χ4v) is 1.54. The Labute approximate surface area is 111 Å². The topological polar surface area (TPSA) is 67.2 Å². The Hall–Kier alpha value is -1.95. The molecule has 0 spiro atoms. The molecule has 0 fully saturated rings. The van der Waals surface area contributed by atoms with Crippen molar-refractivity contribution in [2.45, 2.75) is 13.8 Å². The molecule has 0 saturated carbocycles. The van der Waals surface area contributed by atoms with Crippen LogP contribution in [0.3, 0.4) is 0 Å². The lowest BCUT2D eigenvalue weighted by molar-refractivity contribution is -0.385. The molecule has 96 valence electrons. The molecule has 0 aliphatic heterocycles. The van der Waals surface area contributed by atoms with E-state index in [-0.39, 0.29) is 5.69 Å². The van der Waals surface area contributed by atoms with Crippen LogP contribution in [0.15, 0.2) is 30.4 Å². The van der Waals surface area contributed by atoms with Crippen molar-refractivity contribution in [3.8, 4) is 0 Å². The summed E-state index contributed by atoms with van der Waals surface area (Å²) >= 11 is 5.09. The molecule has 1 aromatic carbocycles. The molecule has 5 nitrogen and oxygen atoms in total. The van der Waals surface area contributed by atoms with Gasteiger partial charge in [-0.3, -0.25) is 10.1 Å². The summed E-state index contributed by atoms with van der Waals surface area (Å²) in [5, 5.41) is 17.1. The Morgan fingerprint density at radius 1 is 1.56 bits per heavy atom. The Morgan fingerprint density at radius 2 is 2.22 bits per heavy atom. The fraction of sp³-hybridized carbons (Fsp3) is 0.250. The minimum atomic E-state index is -0.412. The first kappa shape index (κ1) is 14.1. The van der Waals surface area contributed by atoms with Gasteiger partial charge in [0.1, 0.15) is 0 Å². The third-order valence-electron chi connectivity index (χ3n) is 2.30. The van der Waals surface area contributed by atoms with Crippen molar-refractivity contribution >= 4 is 28.7 Å². The molecule has 0 aliphatic rings. The first-order valence-electron chi connectivity index (χ1n) is 5.35. The Bertz CT molecular complexity index is 500. The third kappa shape index (κ3) is 3.81.